The number of nitriles is 1. The van der Waals surface area contributed by atoms with E-state index in [1.54, 1.807) is 0 Å². The molecule has 0 aromatic heterocycles. The van der Waals surface area contributed by atoms with Gasteiger partial charge in [-0.05, 0) is 12.1 Å². The van der Waals surface area contributed by atoms with E-state index < -0.39 is 24.0 Å². The monoisotopic (exact) mass is 239 g/mol. The number of nitrogens with zero attached hydrogens (tertiary/aromatic N) is 1. The molecule has 0 fully saturated rings. The number of carbonyl (C=O) groups excluding carboxylic acids is 1. The molecule has 2 N–H and O–H groups in total. The van der Waals surface area contributed by atoms with Crippen LogP contribution >= 0.6 is 0 Å². The standard InChI is InChI=1S/C11H10FNO4/c1-17-11(16)6-2-3-7(8(12)4-6)10(15)9(14)5-13/h2-4,9-10,14-15H,1H3. The van der Waals surface area contributed by atoms with E-state index in [2.05, 4.69) is 4.74 Å². The Labute approximate surface area is 96.7 Å². The number of benzene rings is 1. The molecule has 5 nitrogen and oxygen atoms in total. The summed E-state index contributed by atoms with van der Waals surface area (Å²) in [6.07, 6.45) is -3.39. The maximum atomic E-state index is 13.5. The third-order valence-corrected chi connectivity index (χ3v) is 2.17. The van der Waals surface area contributed by atoms with Gasteiger partial charge in [-0.3, -0.25) is 0 Å². The molecule has 0 amide bonds. The van der Waals surface area contributed by atoms with Crippen LogP contribution in [0.25, 0.3) is 0 Å². The second kappa shape index (κ2) is 5.39. The van der Waals surface area contributed by atoms with E-state index >= 15 is 0 Å². The predicted molar refractivity (Wildman–Crippen MR) is 54.3 cm³/mol. The maximum absolute atomic E-state index is 13.5. The molecule has 0 bridgehead atoms. The lowest BCUT2D eigenvalue weighted by Crippen LogP contribution is -2.17. The normalized spacial score (nSPS) is 13.6. The third kappa shape index (κ3) is 2.78. The van der Waals surface area contributed by atoms with Crippen molar-refractivity contribution >= 4 is 5.97 Å². The van der Waals surface area contributed by atoms with Gasteiger partial charge in [-0.25, -0.2) is 9.18 Å². The average molecular weight is 239 g/mol. The lowest BCUT2D eigenvalue weighted by molar-refractivity contribution is 0.0501. The van der Waals surface area contributed by atoms with Crippen LogP contribution in [0, 0.1) is 17.1 Å². The van der Waals surface area contributed by atoms with Gasteiger partial charge in [0.15, 0.2) is 6.10 Å². The Kier molecular flexibility index (Phi) is 4.15. The summed E-state index contributed by atoms with van der Waals surface area (Å²) < 4.78 is 17.9. The van der Waals surface area contributed by atoms with Crippen LogP contribution < -0.4 is 0 Å². The quantitative estimate of drug-likeness (QED) is 0.593. The zero-order valence-corrected chi connectivity index (χ0v) is 8.92. The Morgan fingerprint density at radius 2 is 2.18 bits per heavy atom. The van der Waals surface area contributed by atoms with Gasteiger partial charge in [0.2, 0.25) is 0 Å². The molecule has 0 aliphatic heterocycles. The van der Waals surface area contributed by atoms with Crippen LogP contribution in [-0.2, 0) is 4.74 Å². The number of aliphatic hydroxyl groups excluding tert-OH is 2. The molecule has 1 rings (SSSR count). The Morgan fingerprint density at radius 3 is 2.65 bits per heavy atom. The van der Waals surface area contributed by atoms with Crippen LogP contribution in [0.1, 0.15) is 22.0 Å². The second-order valence-electron chi connectivity index (χ2n) is 3.25. The van der Waals surface area contributed by atoms with E-state index in [-0.39, 0.29) is 11.1 Å². The van der Waals surface area contributed by atoms with Gasteiger partial charge < -0.3 is 14.9 Å². The average Bonchev–Trinajstić information content (AvgIpc) is 2.35. The molecule has 0 heterocycles. The number of methoxy groups -OCH3 is 1. The minimum absolute atomic E-state index is 0.0209. The molecular weight excluding hydrogens is 229 g/mol. The molecule has 0 aliphatic rings. The van der Waals surface area contributed by atoms with Crippen molar-refractivity contribution < 1.29 is 24.1 Å². The highest BCUT2D eigenvalue weighted by Gasteiger charge is 2.22. The topological polar surface area (TPSA) is 90.6 Å². The minimum atomic E-state index is -1.73. The number of esters is 1. The predicted octanol–water partition coefficient (Wildman–Crippen LogP) is 0.530. The summed E-state index contributed by atoms with van der Waals surface area (Å²) in [4.78, 5) is 11.1. The van der Waals surface area contributed by atoms with E-state index in [0.29, 0.717) is 0 Å². The summed E-state index contributed by atoms with van der Waals surface area (Å²) in [5.74, 6) is -1.61. The highest BCUT2D eigenvalue weighted by molar-refractivity contribution is 5.89. The van der Waals surface area contributed by atoms with Crippen molar-refractivity contribution in [3.05, 3.63) is 35.1 Å². The number of hydrogen-bond donors (Lipinski definition) is 2. The summed E-state index contributed by atoms with van der Waals surface area (Å²) in [7, 11) is 1.16. The first-order chi connectivity index (χ1) is 8.01. The number of aliphatic hydroxyl groups is 2. The van der Waals surface area contributed by atoms with Crippen molar-refractivity contribution in [1.29, 1.82) is 5.26 Å². The molecule has 2 unspecified atom stereocenters. The van der Waals surface area contributed by atoms with Crippen LogP contribution in [0.15, 0.2) is 18.2 Å². The summed E-state index contributed by atoms with van der Waals surface area (Å²) in [5, 5.41) is 26.9. The van der Waals surface area contributed by atoms with Gasteiger partial charge in [0.1, 0.15) is 11.9 Å². The molecule has 90 valence electrons. The number of hydrogen-bond acceptors (Lipinski definition) is 5. The molecule has 0 radical (unpaired) electrons. The van der Waals surface area contributed by atoms with Gasteiger partial charge in [-0.15, -0.1) is 0 Å². The Balaban J connectivity index is 3.06. The molecular formula is C11H10FNO4. The zero-order chi connectivity index (χ0) is 13.0. The fourth-order valence-corrected chi connectivity index (χ4v) is 1.25. The van der Waals surface area contributed by atoms with Crippen molar-refractivity contribution in [2.75, 3.05) is 7.11 Å². The molecule has 17 heavy (non-hydrogen) atoms. The van der Waals surface area contributed by atoms with Crippen molar-refractivity contribution in [1.82, 2.24) is 0 Å². The van der Waals surface area contributed by atoms with Gasteiger partial charge >= 0.3 is 5.97 Å². The highest BCUT2D eigenvalue weighted by Crippen LogP contribution is 2.21. The van der Waals surface area contributed by atoms with Crippen molar-refractivity contribution in [3.63, 3.8) is 0 Å². The third-order valence-electron chi connectivity index (χ3n) is 2.17. The smallest absolute Gasteiger partial charge is 0.337 e. The number of ether oxygens (including phenoxy) is 1. The van der Waals surface area contributed by atoms with Crippen LogP contribution in [0.2, 0.25) is 0 Å². The summed E-state index contributed by atoms with van der Waals surface area (Å²) in [6.45, 7) is 0. The summed E-state index contributed by atoms with van der Waals surface area (Å²) in [6, 6.07) is 4.61. The zero-order valence-electron chi connectivity index (χ0n) is 8.92. The summed E-state index contributed by atoms with van der Waals surface area (Å²) >= 11 is 0. The highest BCUT2D eigenvalue weighted by atomic mass is 19.1. The van der Waals surface area contributed by atoms with E-state index in [4.69, 9.17) is 10.4 Å². The molecule has 0 saturated heterocycles. The summed E-state index contributed by atoms with van der Waals surface area (Å²) in [5.41, 5.74) is -0.279. The van der Waals surface area contributed by atoms with Gasteiger partial charge in [0.25, 0.3) is 0 Å². The first-order valence-electron chi connectivity index (χ1n) is 4.64. The second-order valence-corrected chi connectivity index (χ2v) is 3.25. The lowest BCUT2D eigenvalue weighted by atomic mass is 10.0. The molecule has 0 spiro atoms. The van der Waals surface area contributed by atoms with Gasteiger partial charge in [0.05, 0.1) is 18.7 Å². The molecule has 6 heteroatoms. The largest absolute Gasteiger partial charge is 0.465 e. The number of halogens is 1. The van der Waals surface area contributed by atoms with E-state index in [1.807, 2.05) is 0 Å². The molecule has 1 aromatic carbocycles. The van der Waals surface area contributed by atoms with Gasteiger partial charge in [-0.2, -0.15) is 5.26 Å². The van der Waals surface area contributed by atoms with Gasteiger partial charge in [-0.1, -0.05) is 6.07 Å². The first-order valence-corrected chi connectivity index (χ1v) is 4.64. The van der Waals surface area contributed by atoms with Crippen LogP contribution in [-0.4, -0.2) is 29.4 Å². The molecule has 0 aliphatic carbocycles. The van der Waals surface area contributed by atoms with E-state index in [0.717, 1.165) is 19.2 Å². The maximum Gasteiger partial charge on any atom is 0.337 e. The Morgan fingerprint density at radius 1 is 1.53 bits per heavy atom. The van der Waals surface area contributed by atoms with E-state index in [1.165, 1.54) is 12.1 Å². The van der Waals surface area contributed by atoms with Crippen LogP contribution in [0.3, 0.4) is 0 Å². The fraction of sp³-hybridized carbons (Fsp3) is 0.273. The van der Waals surface area contributed by atoms with Gasteiger partial charge in [0, 0.05) is 5.56 Å². The number of rotatable bonds is 3. The minimum Gasteiger partial charge on any atom is -0.465 e. The molecule has 1 aromatic rings. The van der Waals surface area contributed by atoms with Crippen LogP contribution in [0.4, 0.5) is 4.39 Å². The first kappa shape index (κ1) is 13.1. The molecule has 2 atom stereocenters. The van der Waals surface area contributed by atoms with Crippen molar-refractivity contribution in [2.45, 2.75) is 12.2 Å². The Hall–Kier alpha value is -1.97. The molecule has 0 saturated carbocycles. The van der Waals surface area contributed by atoms with Crippen LogP contribution in [0.5, 0.6) is 0 Å². The SMILES string of the molecule is COC(=O)c1ccc(C(O)C(O)C#N)c(F)c1. The Bertz CT molecular complexity index is 469. The lowest BCUT2D eigenvalue weighted by Gasteiger charge is -2.13. The number of carbonyl (C=O) groups is 1. The van der Waals surface area contributed by atoms with Crippen molar-refractivity contribution in [3.8, 4) is 6.07 Å². The van der Waals surface area contributed by atoms with E-state index in [9.17, 15) is 14.3 Å². The van der Waals surface area contributed by atoms with Crippen molar-refractivity contribution in [2.24, 2.45) is 0 Å². The fourth-order valence-electron chi connectivity index (χ4n) is 1.25.